The third-order valence-electron chi connectivity index (χ3n) is 2.83. The quantitative estimate of drug-likeness (QED) is 0.714. The van der Waals surface area contributed by atoms with Crippen molar-refractivity contribution in [2.45, 2.75) is 13.5 Å². The molecule has 0 atom stereocenters. The van der Waals surface area contributed by atoms with Crippen LogP contribution in [0, 0.1) is 6.92 Å². The van der Waals surface area contributed by atoms with Gasteiger partial charge in [-0.1, -0.05) is 0 Å². The van der Waals surface area contributed by atoms with Gasteiger partial charge in [-0.05, 0) is 18.4 Å². The molecule has 5 heteroatoms. The van der Waals surface area contributed by atoms with E-state index in [-0.39, 0.29) is 0 Å². The van der Waals surface area contributed by atoms with Crippen LogP contribution in [0.25, 0.3) is 10.1 Å². The molecule has 0 bridgehead atoms. The predicted molar refractivity (Wildman–Crippen MR) is 72.3 cm³/mol. The normalized spacial score (nSPS) is 10.9. The summed E-state index contributed by atoms with van der Waals surface area (Å²) in [6.45, 7) is 2.53. The summed E-state index contributed by atoms with van der Waals surface area (Å²) in [6.07, 6.45) is 5.97. The van der Waals surface area contributed by atoms with Crippen LogP contribution in [0.5, 0.6) is 0 Å². The van der Waals surface area contributed by atoms with E-state index in [0.717, 1.165) is 5.56 Å². The van der Waals surface area contributed by atoms with Crippen molar-refractivity contribution in [2.24, 2.45) is 0 Å². The average Bonchev–Trinajstić information content (AvgIpc) is 2.80. The smallest absolute Gasteiger partial charge is 0.187 e. The molecule has 0 spiro atoms. The lowest BCUT2D eigenvalue weighted by Crippen LogP contribution is -2.33. The molecule has 4 nitrogen and oxygen atoms in total. The number of thiophene rings is 1. The van der Waals surface area contributed by atoms with E-state index in [2.05, 4.69) is 38.2 Å². The summed E-state index contributed by atoms with van der Waals surface area (Å²) in [5.41, 5.74) is 6.85. The Morgan fingerprint density at radius 3 is 3.11 bits per heavy atom. The number of hydrogen-bond donors (Lipinski definition) is 1. The molecule has 0 aromatic carbocycles. The van der Waals surface area contributed by atoms with Gasteiger partial charge in [0.1, 0.15) is 11.6 Å². The van der Waals surface area contributed by atoms with Gasteiger partial charge in [-0.25, -0.2) is 9.97 Å². The van der Waals surface area contributed by atoms with Gasteiger partial charge < -0.3 is 5.73 Å². The zero-order chi connectivity index (χ0) is 12.5. The van der Waals surface area contributed by atoms with Crippen LogP contribution in [0.15, 0.2) is 36.1 Å². The summed E-state index contributed by atoms with van der Waals surface area (Å²) >= 11 is 1.74. The van der Waals surface area contributed by atoms with E-state index in [4.69, 9.17) is 5.73 Å². The molecule has 0 aliphatic rings. The topological polar surface area (TPSA) is 55.7 Å². The minimum atomic E-state index is 0.557. The molecule has 0 aliphatic carbocycles. The van der Waals surface area contributed by atoms with Crippen molar-refractivity contribution in [1.82, 2.24) is 9.97 Å². The van der Waals surface area contributed by atoms with Crippen molar-refractivity contribution in [2.75, 3.05) is 5.73 Å². The summed E-state index contributed by atoms with van der Waals surface area (Å²) in [5.74, 6) is 1.26. The monoisotopic (exact) mass is 257 g/mol. The van der Waals surface area contributed by atoms with Gasteiger partial charge in [-0.2, -0.15) is 4.57 Å². The standard InChI is InChI=1S/C13H13N4S/c1-9-15-6-11(13(14)16-9)7-17-4-2-10-3-5-18-12(10)8-17/h2-6,8H,7H2,1H3,(H2,14,15,16)/q+1. The molecule has 0 fully saturated rings. The highest BCUT2D eigenvalue weighted by Gasteiger charge is 2.09. The Balaban J connectivity index is 1.95. The molecule has 0 unspecified atom stereocenters. The fourth-order valence-corrected chi connectivity index (χ4v) is 2.70. The molecule has 0 saturated carbocycles. The van der Waals surface area contributed by atoms with Gasteiger partial charge in [-0.3, -0.25) is 0 Å². The number of rotatable bonds is 2. The van der Waals surface area contributed by atoms with Gasteiger partial charge in [0.25, 0.3) is 0 Å². The first-order chi connectivity index (χ1) is 8.72. The third kappa shape index (κ3) is 2.04. The summed E-state index contributed by atoms with van der Waals surface area (Å²) < 4.78 is 3.37. The lowest BCUT2D eigenvalue weighted by atomic mass is 10.3. The van der Waals surface area contributed by atoms with E-state index in [1.807, 2.05) is 13.1 Å². The molecule has 90 valence electrons. The van der Waals surface area contributed by atoms with Crippen molar-refractivity contribution in [3.63, 3.8) is 0 Å². The maximum Gasteiger partial charge on any atom is 0.187 e. The molecular weight excluding hydrogens is 244 g/mol. The lowest BCUT2D eigenvalue weighted by molar-refractivity contribution is -0.686. The van der Waals surface area contributed by atoms with Crippen LogP contribution in [-0.2, 0) is 6.54 Å². The van der Waals surface area contributed by atoms with E-state index in [9.17, 15) is 0 Å². The van der Waals surface area contributed by atoms with Crippen LogP contribution in [-0.4, -0.2) is 9.97 Å². The number of pyridine rings is 1. The van der Waals surface area contributed by atoms with Gasteiger partial charge in [-0.15, -0.1) is 11.3 Å². The summed E-state index contributed by atoms with van der Waals surface area (Å²) in [6, 6.07) is 4.23. The van der Waals surface area contributed by atoms with E-state index in [0.29, 0.717) is 18.2 Å². The molecule has 0 radical (unpaired) electrons. The van der Waals surface area contributed by atoms with Crippen LogP contribution in [0.1, 0.15) is 11.4 Å². The van der Waals surface area contributed by atoms with Crippen molar-refractivity contribution in [1.29, 1.82) is 0 Å². The molecule has 18 heavy (non-hydrogen) atoms. The van der Waals surface area contributed by atoms with Crippen molar-refractivity contribution in [3.8, 4) is 0 Å². The number of anilines is 1. The number of fused-ring (bicyclic) bond motifs is 1. The Hall–Kier alpha value is -2.01. The summed E-state index contributed by atoms with van der Waals surface area (Å²) in [5, 5.41) is 3.36. The van der Waals surface area contributed by atoms with Crippen LogP contribution >= 0.6 is 11.3 Å². The third-order valence-corrected chi connectivity index (χ3v) is 3.69. The Morgan fingerprint density at radius 2 is 2.28 bits per heavy atom. The van der Waals surface area contributed by atoms with Crippen LogP contribution in [0.4, 0.5) is 5.82 Å². The fourth-order valence-electron chi connectivity index (χ4n) is 1.87. The Bertz CT molecular complexity index is 705. The molecular formula is C13H13N4S+. The van der Waals surface area contributed by atoms with Crippen molar-refractivity contribution in [3.05, 3.63) is 47.5 Å². The van der Waals surface area contributed by atoms with E-state index >= 15 is 0 Å². The predicted octanol–water partition coefficient (Wildman–Crippen LogP) is 1.92. The first kappa shape index (κ1) is 11.1. The molecule has 0 amide bonds. The summed E-state index contributed by atoms with van der Waals surface area (Å²) in [4.78, 5) is 8.36. The Morgan fingerprint density at radius 1 is 1.39 bits per heavy atom. The highest BCUT2D eigenvalue weighted by molar-refractivity contribution is 7.17. The van der Waals surface area contributed by atoms with Gasteiger partial charge >= 0.3 is 0 Å². The Kier molecular flexibility index (Phi) is 2.68. The minimum absolute atomic E-state index is 0.557. The largest absolute Gasteiger partial charge is 0.383 e. The highest BCUT2D eigenvalue weighted by Crippen LogP contribution is 2.18. The first-order valence-corrected chi connectivity index (χ1v) is 6.54. The highest BCUT2D eigenvalue weighted by atomic mass is 32.1. The Labute approximate surface area is 109 Å². The van der Waals surface area contributed by atoms with Crippen LogP contribution < -0.4 is 10.3 Å². The fraction of sp³-hybridized carbons (Fsp3) is 0.154. The molecule has 0 saturated heterocycles. The number of nitrogen functional groups attached to an aromatic ring is 1. The molecule has 2 N–H and O–H groups in total. The van der Waals surface area contributed by atoms with E-state index in [1.165, 1.54) is 10.1 Å². The number of aryl methyl sites for hydroxylation is 1. The van der Waals surface area contributed by atoms with Gasteiger partial charge in [0.2, 0.25) is 0 Å². The van der Waals surface area contributed by atoms with Gasteiger partial charge in [0.05, 0.1) is 10.3 Å². The zero-order valence-corrected chi connectivity index (χ0v) is 10.8. The number of aromatic nitrogens is 3. The number of nitrogens with zero attached hydrogens (tertiary/aromatic N) is 3. The molecule has 3 heterocycles. The number of hydrogen-bond acceptors (Lipinski definition) is 4. The van der Waals surface area contributed by atoms with E-state index < -0.39 is 0 Å². The van der Waals surface area contributed by atoms with Crippen LogP contribution in [0.2, 0.25) is 0 Å². The average molecular weight is 257 g/mol. The second-order valence-corrected chi connectivity index (χ2v) is 5.13. The minimum Gasteiger partial charge on any atom is -0.383 e. The van der Waals surface area contributed by atoms with Crippen molar-refractivity contribution >= 4 is 27.2 Å². The van der Waals surface area contributed by atoms with Crippen molar-refractivity contribution < 1.29 is 4.57 Å². The first-order valence-electron chi connectivity index (χ1n) is 5.67. The lowest BCUT2D eigenvalue weighted by Gasteiger charge is -2.02. The van der Waals surface area contributed by atoms with Crippen LogP contribution in [0.3, 0.4) is 0 Å². The SMILES string of the molecule is Cc1ncc(C[n+]2ccc3ccsc3c2)c(N)n1. The van der Waals surface area contributed by atoms with Gasteiger partial charge in [0.15, 0.2) is 18.9 Å². The number of nitrogens with two attached hydrogens (primary N) is 1. The second-order valence-electron chi connectivity index (χ2n) is 4.19. The van der Waals surface area contributed by atoms with E-state index in [1.54, 1.807) is 17.5 Å². The maximum atomic E-state index is 5.90. The zero-order valence-electron chi connectivity index (χ0n) is 10.00. The van der Waals surface area contributed by atoms with Gasteiger partial charge in [0, 0.05) is 17.6 Å². The summed E-state index contributed by atoms with van der Waals surface area (Å²) in [7, 11) is 0. The second kappa shape index (κ2) is 4.34. The molecule has 0 aliphatic heterocycles. The molecule has 3 aromatic heterocycles. The molecule has 3 rings (SSSR count). The maximum absolute atomic E-state index is 5.90. The molecule has 3 aromatic rings.